The van der Waals surface area contributed by atoms with Gasteiger partial charge in [0.25, 0.3) is 0 Å². The first kappa shape index (κ1) is 19.1. The first-order valence-electron chi connectivity index (χ1n) is 6.70. The topological polar surface area (TPSA) is 117 Å². The van der Waals surface area contributed by atoms with E-state index in [9.17, 15) is 5.11 Å². The molecule has 0 aromatic carbocycles. The molecule has 0 rings (SSSR count). The van der Waals surface area contributed by atoms with E-state index in [4.69, 9.17) is 24.8 Å². The Bertz CT molecular complexity index is 284. The van der Waals surface area contributed by atoms with Crippen LogP contribution in [0, 0.1) is 0 Å². The summed E-state index contributed by atoms with van der Waals surface area (Å²) in [5.41, 5.74) is 8.40. The van der Waals surface area contributed by atoms with Crippen LogP contribution in [0.3, 0.4) is 0 Å². The first-order chi connectivity index (χ1) is 9.60. The molecule has 8 heteroatoms. The predicted molar refractivity (Wildman–Crippen MR) is 73.1 cm³/mol. The van der Waals surface area contributed by atoms with E-state index < -0.39 is 24.6 Å². The number of hydrogen-bond donors (Lipinski definition) is 2. The molecule has 0 heterocycles. The minimum absolute atomic E-state index is 0.0523. The highest BCUT2D eigenvalue weighted by molar-refractivity contribution is 4.71. The summed E-state index contributed by atoms with van der Waals surface area (Å²) < 4.78 is 16.2. The van der Waals surface area contributed by atoms with Gasteiger partial charge in [-0.05, 0) is 18.9 Å². The summed E-state index contributed by atoms with van der Waals surface area (Å²) in [5.74, 6) is 0. The van der Waals surface area contributed by atoms with Crippen LogP contribution in [0.4, 0.5) is 0 Å². The largest absolute Gasteiger partial charge is 0.394 e. The van der Waals surface area contributed by atoms with Gasteiger partial charge in [-0.1, -0.05) is 18.5 Å². The summed E-state index contributed by atoms with van der Waals surface area (Å²) in [6.07, 6.45) is -1.22. The number of methoxy groups -OCH3 is 1. The third-order valence-corrected chi connectivity index (χ3v) is 2.72. The Morgan fingerprint density at radius 1 is 1.35 bits per heavy atom. The van der Waals surface area contributed by atoms with Gasteiger partial charge in [-0.3, -0.25) is 0 Å². The Morgan fingerprint density at radius 3 is 2.50 bits per heavy atom. The van der Waals surface area contributed by atoms with E-state index in [-0.39, 0.29) is 13.2 Å². The van der Waals surface area contributed by atoms with Gasteiger partial charge < -0.3 is 24.4 Å². The van der Waals surface area contributed by atoms with Gasteiger partial charge in [-0.25, -0.2) is 0 Å². The Hall–Kier alpha value is -0.890. The van der Waals surface area contributed by atoms with E-state index >= 15 is 0 Å². The molecule has 1 unspecified atom stereocenters. The van der Waals surface area contributed by atoms with Gasteiger partial charge in [-0.2, -0.15) is 0 Å². The molecular formula is C12H25N3O5. The van der Waals surface area contributed by atoms with Crippen LogP contribution >= 0.6 is 0 Å². The van der Waals surface area contributed by atoms with Crippen LogP contribution in [0.1, 0.15) is 26.7 Å². The van der Waals surface area contributed by atoms with Crippen LogP contribution in [0.5, 0.6) is 0 Å². The Kier molecular flexibility index (Phi) is 11.4. The fourth-order valence-corrected chi connectivity index (χ4v) is 1.49. The lowest BCUT2D eigenvalue weighted by Gasteiger charge is -2.29. The van der Waals surface area contributed by atoms with Crippen molar-refractivity contribution in [3.8, 4) is 0 Å². The van der Waals surface area contributed by atoms with Crippen LogP contribution in [-0.4, -0.2) is 61.7 Å². The summed E-state index contributed by atoms with van der Waals surface area (Å²) in [6, 6.07) is 0. The van der Waals surface area contributed by atoms with Gasteiger partial charge in [0.05, 0.1) is 19.3 Å². The van der Waals surface area contributed by atoms with E-state index in [0.29, 0.717) is 6.61 Å². The minimum atomic E-state index is -0.853. The number of hydrogen-bond acceptors (Lipinski definition) is 6. The molecule has 0 bridgehead atoms. The molecular weight excluding hydrogens is 266 g/mol. The van der Waals surface area contributed by atoms with E-state index in [1.807, 2.05) is 6.92 Å². The summed E-state index contributed by atoms with van der Waals surface area (Å²) in [4.78, 5) is 2.69. The number of azide groups is 1. The zero-order valence-corrected chi connectivity index (χ0v) is 12.3. The van der Waals surface area contributed by atoms with E-state index in [0.717, 1.165) is 12.8 Å². The quantitative estimate of drug-likeness (QED) is 0.184. The van der Waals surface area contributed by atoms with Crippen LogP contribution in [0.15, 0.2) is 5.11 Å². The molecule has 20 heavy (non-hydrogen) atoms. The number of aliphatic hydroxyl groups is 2. The summed E-state index contributed by atoms with van der Waals surface area (Å²) in [6.45, 7) is 3.74. The van der Waals surface area contributed by atoms with E-state index in [1.165, 1.54) is 14.0 Å². The van der Waals surface area contributed by atoms with Crippen LogP contribution in [-0.2, 0) is 14.2 Å². The zero-order valence-electron chi connectivity index (χ0n) is 12.3. The highest BCUT2D eigenvalue weighted by atomic mass is 16.7. The second-order valence-corrected chi connectivity index (χ2v) is 4.38. The number of nitrogens with zero attached hydrogens (tertiary/aromatic N) is 3. The molecule has 118 valence electrons. The van der Waals surface area contributed by atoms with Crippen molar-refractivity contribution < 1.29 is 24.4 Å². The van der Waals surface area contributed by atoms with Gasteiger partial charge in [0.2, 0.25) is 0 Å². The van der Waals surface area contributed by atoms with Gasteiger partial charge in [0.15, 0.2) is 6.29 Å². The van der Waals surface area contributed by atoms with Gasteiger partial charge in [0, 0.05) is 18.6 Å². The van der Waals surface area contributed by atoms with Crippen molar-refractivity contribution in [1.29, 1.82) is 0 Å². The molecule has 0 amide bonds. The normalized spacial score (nSPS) is 17.1. The number of rotatable bonds is 12. The van der Waals surface area contributed by atoms with Crippen molar-refractivity contribution >= 4 is 0 Å². The molecule has 0 aromatic heterocycles. The van der Waals surface area contributed by atoms with E-state index in [1.54, 1.807) is 0 Å². The SMILES string of the molecule is CCCCO[C@@H](CN=[N+]=[N-])[C@@H](OC)OC(CO)[C@H](C)O. The average molecular weight is 291 g/mol. The molecule has 8 nitrogen and oxygen atoms in total. The lowest BCUT2D eigenvalue weighted by Crippen LogP contribution is -2.42. The third-order valence-electron chi connectivity index (χ3n) is 2.72. The highest BCUT2D eigenvalue weighted by Gasteiger charge is 2.27. The summed E-state index contributed by atoms with van der Waals surface area (Å²) in [5, 5.41) is 22.1. The van der Waals surface area contributed by atoms with E-state index in [2.05, 4.69) is 10.0 Å². The molecule has 4 atom stereocenters. The standard InChI is InChI=1S/C12H25N3O5/c1-4-5-6-19-10(7-14-15-13)12(18-3)20-11(8-16)9(2)17/h9-12,16-17H,4-8H2,1-3H3/t9-,10-,11?,12-/m0/s1. The first-order valence-corrected chi connectivity index (χ1v) is 6.70. The predicted octanol–water partition coefficient (Wildman–Crippen LogP) is 1.21. The smallest absolute Gasteiger partial charge is 0.184 e. The van der Waals surface area contributed by atoms with Crippen LogP contribution in [0.25, 0.3) is 10.4 Å². The van der Waals surface area contributed by atoms with Crippen molar-refractivity contribution in [2.24, 2.45) is 5.11 Å². The van der Waals surface area contributed by atoms with Crippen molar-refractivity contribution in [3.05, 3.63) is 10.4 Å². The minimum Gasteiger partial charge on any atom is -0.394 e. The van der Waals surface area contributed by atoms with Gasteiger partial charge in [-0.15, -0.1) is 0 Å². The fourth-order valence-electron chi connectivity index (χ4n) is 1.49. The average Bonchev–Trinajstić information content (AvgIpc) is 2.44. The monoisotopic (exact) mass is 291 g/mol. The van der Waals surface area contributed by atoms with Crippen molar-refractivity contribution in [3.63, 3.8) is 0 Å². The molecule has 0 saturated heterocycles. The second-order valence-electron chi connectivity index (χ2n) is 4.38. The zero-order chi connectivity index (χ0) is 15.4. The lowest BCUT2D eigenvalue weighted by atomic mass is 10.2. The molecule has 0 aliphatic heterocycles. The van der Waals surface area contributed by atoms with Crippen molar-refractivity contribution in [1.82, 2.24) is 0 Å². The van der Waals surface area contributed by atoms with Crippen LogP contribution < -0.4 is 0 Å². The fraction of sp³-hybridized carbons (Fsp3) is 1.00. The van der Waals surface area contributed by atoms with Crippen LogP contribution in [0.2, 0.25) is 0 Å². The Balaban J connectivity index is 4.63. The lowest BCUT2D eigenvalue weighted by molar-refractivity contribution is -0.232. The molecule has 0 aliphatic rings. The number of unbranched alkanes of at least 4 members (excludes halogenated alkanes) is 1. The maximum absolute atomic E-state index is 9.47. The number of ether oxygens (including phenoxy) is 3. The van der Waals surface area contributed by atoms with Gasteiger partial charge >= 0.3 is 0 Å². The van der Waals surface area contributed by atoms with Crippen molar-refractivity contribution in [2.45, 2.75) is 51.3 Å². The van der Waals surface area contributed by atoms with Gasteiger partial charge in [0.1, 0.15) is 12.2 Å². The Labute approximate surface area is 119 Å². The highest BCUT2D eigenvalue weighted by Crippen LogP contribution is 2.12. The molecule has 0 saturated carbocycles. The maximum Gasteiger partial charge on any atom is 0.184 e. The second kappa shape index (κ2) is 11.9. The van der Waals surface area contributed by atoms with Crippen molar-refractivity contribution in [2.75, 3.05) is 26.9 Å². The summed E-state index contributed by atoms with van der Waals surface area (Å²) in [7, 11) is 1.42. The molecule has 0 aliphatic carbocycles. The molecule has 0 radical (unpaired) electrons. The number of aliphatic hydroxyl groups excluding tert-OH is 2. The Morgan fingerprint density at radius 2 is 2.05 bits per heavy atom. The molecule has 0 aromatic rings. The summed E-state index contributed by atoms with van der Waals surface area (Å²) >= 11 is 0. The molecule has 0 spiro atoms. The third kappa shape index (κ3) is 7.64. The maximum atomic E-state index is 9.47. The molecule has 0 fully saturated rings. The molecule has 2 N–H and O–H groups in total.